The molecule has 0 amide bonds. The predicted molar refractivity (Wildman–Crippen MR) is 89.7 cm³/mol. The fourth-order valence-corrected chi connectivity index (χ4v) is 3.61. The summed E-state index contributed by atoms with van der Waals surface area (Å²) in [4.78, 5) is 4.68. The third-order valence-corrected chi connectivity index (χ3v) is 4.61. The minimum absolute atomic E-state index is 0.0918. The van der Waals surface area contributed by atoms with Gasteiger partial charge in [0.25, 0.3) is 0 Å². The van der Waals surface area contributed by atoms with Gasteiger partial charge in [-0.1, -0.05) is 55.4 Å². The van der Waals surface area contributed by atoms with Crippen molar-refractivity contribution in [2.75, 3.05) is 0 Å². The molecule has 3 heteroatoms. The van der Waals surface area contributed by atoms with Gasteiger partial charge in [-0.2, -0.15) is 0 Å². The first kappa shape index (κ1) is 13.3. The van der Waals surface area contributed by atoms with Crippen LogP contribution in [0.2, 0.25) is 0 Å². The van der Waals surface area contributed by atoms with Crippen LogP contribution in [0.3, 0.4) is 0 Å². The van der Waals surface area contributed by atoms with E-state index in [4.69, 9.17) is 0 Å². The molecule has 0 saturated carbocycles. The highest BCUT2D eigenvalue weighted by atomic mass is 16.4. The molecule has 1 aliphatic rings. The Hall–Kier alpha value is -2.42. The van der Waals surface area contributed by atoms with Crippen LogP contribution in [0.4, 0.5) is 0 Å². The molecule has 0 radical (unpaired) electrons. The molecule has 110 valence electrons. The second-order valence-corrected chi connectivity index (χ2v) is 6.90. The standard InChI is InChI=1S/C19H18N2O/c1-19(2)9-15-14-8-7-12-5-3-4-6-13(12)18(14)20-11-16(15)17(10-19)21-22/h3-8,11,22H,9-10H2,1-2H3/b21-17+. The number of fused-ring (bicyclic) bond motifs is 5. The molecule has 2 aromatic carbocycles. The highest BCUT2D eigenvalue weighted by Gasteiger charge is 2.31. The quantitative estimate of drug-likeness (QED) is 0.375. The average molecular weight is 290 g/mol. The van der Waals surface area contributed by atoms with Crippen LogP contribution in [0.25, 0.3) is 21.7 Å². The van der Waals surface area contributed by atoms with Gasteiger partial charge in [0, 0.05) is 22.5 Å². The van der Waals surface area contributed by atoms with Crippen molar-refractivity contribution in [3.8, 4) is 0 Å². The van der Waals surface area contributed by atoms with Gasteiger partial charge >= 0.3 is 0 Å². The number of hydrogen-bond acceptors (Lipinski definition) is 3. The van der Waals surface area contributed by atoms with E-state index >= 15 is 0 Å². The van der Waals surface area contributed by atoms with Crippen LogP contribution >= 0.6 is 0 Å². The van der Waals surface area contributed by atoms with Gasteiger partial charge < -0.3 is 5.21 Å². The SMILES string of the molecule is CC1(C)C/C(=N\O)c2cnc3c(ccc4ccccc43)c2C1. The third-order valence-electron chi connectivity index (χ3n) is 4.61. The smallest absolute Gasteiger partial charge is 0.0891 e. The zero-order valence-electron chi connectivity index (χ0n) is 12.8. The van der Waals surface area contributed by atoms with Gasteiger partial charge in [-0.05, 0) is 29.2 Å². The summed E-state index contributed by atoms with van der Waals surface area (Å²) in [5, 5.41) is 16.5. The second-order valence-electron chi connectivity index (χ2n) is 6.90. The summed E-state index contributed by atoms with van der Waals surface area (Å²) in [6.07, 6.45) is 3.62. The maximum atomic E-state index is 9.37. The number of rotatable bonds is 0. The molecular formula is C19H18N2O. The number of hydrogen-bond donors (Lipinski definition) is 1. The molecule has 0 spiro atoms. The van der Waals surface area contributed by atoms with E-state index in [9.17, 15) is 5.21 Å². The Morgan fingerprint density at radius 3 is 2.68 bits per heavy atom. The summed E-state index contributed by atoms with van der Waals surface area (Å²) < 4.78 is 0. The lowest BCUT2D eigenvalue weighted by Crippen LogP contribution is -2.28. The summed E-state index contributed by atoms with van der Waals surface area (Å²) in [5.74, 6) is 0. The van der Waals surface area contributed by atoms with E-state index in [1.807, 2.05) is 18.3 Å². The summed E-state index contributed by atoms with van der Waals surface area (Å²) in [6.45, 7) is 4.43. The van der Waals surface area contributed by atoms with Gasteiger partial charge in [-0.3, -0.25) is 4.98 Å². The Morgan fingerprint density at radius 1 is 1.05 bits per heavy atom. The van der Waals surface area contributed by atoms with Crippen molar-refractivity contribution in [1.29, 1.82) is 0 Å². The lowest BCUT2D eigenvalue weighted by molar-refractivity contribution is 0.307. The number of nitrogens with zero attached hydrogens (tertiary/aromatic N) is 2. The largest absolute Gasteiger partial charge is 0.411 e. The first-order chi connectivity index (χ1) is 10.6. The van der Waals surface area contributed by atoms with Gasteiger partial charge in [0.05, 0.1) is 11.2 Å². The fraction of sp³-hybridized carbons (Fsp3) is 0.263. The molecule has 1 N–H and O–H groups in total. The van der Waals surface area contributed by atoms with Gasteiger partial charge in [-0.15, -0.1) is 0 Å². The highest BCUT2D eigenvalue weighted by Crippen LogP contribution is 2.39. The second kappa shape index (κ2) is 4.54. The molecule has 3 nitrogen and oxygen atoms in total. The first-order valence-corrected chi connectivity index (χ1v) is 7.60. The topological polar surface area (TPSA) is 45.5 Å². The molecule has 0 aliphatic heterocycles. The molecule has 1 aromatic heterocycles. The lowest BCUT2D eigenvalue weighted by Gasteiger charge is -2.32. The van der Waals surface area contributed by atoms with Gasteiger partial charge in [0.15, 0.2) is 0 Å². The van der Waals surface area contributed by atoms with E-state index in [0.29, 0.717) is 0 Å². The summed E-state index contributed by atoms with van der Waals surface area (Å²) >= 11 is 0. The number of oxime groups is 1. The normalized spacial score (nSPS) is 18.7. The van der Waals surface area contributed by atoms with E-state index < -0.39 is 0 Å². The lowest BCUT2D eigenvalue weighted by atomic mass is 9.73. The highest BCUT2D eigenvalue weighted by molar-refractivity contribution is 6.11. The number of pyridine rings is 1. The van der Waals surface area contributed by atoms with Crippen molar-refractivity contribution in [2.24, 2.45) is 10.6 Å². The zero-order valence-corrected chi connectivity index (χ0v) is 12.8. The van der Waals surface area contributed by atoms with Crippen LogP contribution in [-0.4, -0.2) is 15.9 Å². The first-order valence-electron chi connectivity index (χ1n) is 7.60. The Bertz CT molecular complexity index is 925. The molecule has 3 aromatic rings. The number of aromatic nitrogens is 1. The van der Waals surface area contributed by atoms with Crippen LogP contribution in [0, 0.1) is 5.41 Å². The van der Waals surface area contributed by atoms with Gasteiger partial charge in [-0.25, -0.2) is 0 Å². The molecular weight excluding hydrogens is 272 g/mol. The Morgan fingerprint density at radius 2 is 1.86 bits per heavy atom. The van der Waals surface area contributed by atoms with E-state index in [0.717, 1.165) is 29.6 Å². The molecule has 0 bridgehead atoms. The Kier molecular flexibility index (Phi) is 2.73. The van der Waals surface area contributed by atoms with Crippen LogP contribution in [0.15, 0.2) is 47.8 Å². The van der Waals surface area contributed by atoms with Crippen molar-refractivity contribution in [1.82, 2.24) is 4.98 Å². The number of benzene rings is 2. The monoisotopic (exact) mass is 290 g/mol. The van der Waals surface area contributed by atoms with Crippen molar-refractivity contribution < 1.29 is 5.21 Å². The molecule has 1 aliphatic carbocycles. The van der Waals surface area contributed by atoms with Crippen molar-refractivity contribution in [3.05, 3.63) is 53.7 Å². The Labute approximate surface area is 129 Å². The molecule has 22 heavy (non-hydrogen) atoms. The summed E-state index contributed by atoms with van der Waals surface area (Å²) in [6, 6.07) is 12.6. The average Bonchev–Trinajstić information content (AvgIpc) is 2.52. The van der Waals surface area contributed by atoms with Crippen LogP contribution in [0.5, 0.6) is 0 Å². The van der Waals surface area contributed by atoms with Crippen LogP contribution < -0.4 is 0 Å². The fourth-order valence-electron chi connectivity index (χ4n) is 3.61. The summed E-state index contributed by atoms with van der Waals surface area (Å²) in [5.41, 5.74) is 4.11. The minimum atomic E-state index is 0.0918. The molecule has 0 fully saturated rings. The van der Waals surface area contributed by atoms with E-state index in [1.54, 1.807) is 0 Å². The van der Waals surface area contributed by atoms with E-state index in [2.05, 4.69) is 48.3 Å². The third kappa shape index (κ3) is 1.89. The van der Waals surface area contributed by atoms with Crippen molar-refractivity contribution >= 4 is 27.4 Å². The minimum Gasteiger partial charge on any atom is -0.411 e. The Balaban J connectivity index is 2.10. The summed E-state index contributed by atoms with van der Waals surface area (Å²) in [7, 11) is 0. The predicted octanol–water partition coefficient (Wildman–Crippen LogP) is 4.54. The zero-order chi connectivity index (χ0) is 15.3. The molecule has 0 unspecified atom stereocenters. The molecule has 4 rings (SSSR count). The van der Waals surface area contributed by atoms with E-state index in [-0.39, 0.29) is 5.41 Å². The van der Waals surface area contributed by atoms with Crippen LogP contribution in [-0.2, 0) is 6.42 Å². The van der Waals surface area contributed by atoms with Gasteiger partial charge in [0.1, 0.15) is 0 Å². The molecule has 0 atom stereocenters. The van der Waals surface area contributed by atoms with Crippen LogP contribution in [0.1, 0.15) is 31.4 Å². The molecule has 0 saturated heterocycles. The van der Waals surface area contributed by atoms with E-state index in [1.165, 1.54) is 21.7 Å². The van der Waals surface area contributed by atoms with Crippen molar-refractivity contribution in [2.45, 2.75) is 26.7 Å². The maximum absolute atomic E-state index is 9.37. The molecule has 1 heterocycles. The maximum Gasteiger partial charge on any atom is 0.0891 e. The van der Waals surface area contributed by atoms with Crippen molar-refractivity contribution in [3.63, 3.8) is 0 Å². The van der Waals surface area contributed by atoms with Gasteiger partial charge in [0.2, 0.25) is 0 Å².